The second-order valence-electron chi connectivity index (χ2n) is 23.3. The van der Waals surface area contributed by atoms with Crippen LogP contribution in [-0.2, 0) is 36.4 Å². The molecule has 82 heavy (non-hydrogen) atoms. The number of aliphatic carboxylic acids is 4. The number of thioether (sulfide) groups is 1. The Morgan fingerprint density at radius 2 is 1.41 bits per heavy atom. The fourth-order valence-electron chi connectivity index (χ4n) is 11.0. The van der Waals surface area contributed by atoms with Gasteiger partial charge in [-0.3, -0.25) is 43.6 Å². The van der Waals surface area contributed by atoms with Crippen molar-refractivity contribution in [3.63, 3.8) is 0 Å². The number of amidine groups is 1. The number of aryl methyl sites for hydroxylation is 1. The molecular weight excluding hydrogens is 1080 g/mol. The van der Waals surface area contributed by atoms with Crippen molar-refractivity contribution in [3.8, 4) is 0 Å². The third-order valence-electron chi connectivity index (χ3n) is 15.7. The van der Waals surface area contributed by atoms with Crippen LogP contribution in [-0.4, -0.2) is 215 Å². The van der Waals surface area contributed by atoms with E-state index in [1.165, 1.54) is 27.2 Å². The summed E-state index contributed by atoms with van der Waals surface area (Å²) in [5.41, 5.74) is 7.10. The molecule has 1 saturated heterocycles. The van der Waals surface area contributed by atoms with Crippen molar-refractivity contribution in [1.82, 2.24) is 29.8 Å². The molecule has 2 aromatic rings. The molecule has 0 aliphatic carbocycles. The van der Waals surface area contributed by atoms with Crippen molar-refractivity contribution in [3.05, 3.63) is 118 Å². The number of allylic oxidation sites excluding steroid dienone is 6. The van der Waals surface area contributed by atoms with Crippen molar-refractivity contribution in [2.45, 2.75) is 69.7 Å². The van der Waals surface area contributed by atoms with Crippen LogP contribution in [0.25, 0.3) is 0 Å². The molecule has 1 unspecified atom stereocenters. The molecule has 0 radical (unpaired) electrons. The molecule has 0 saturated carbocycles. The summed E-state index contributed by atoms with van der Waals surface area (Å²) in [6.07, 6.45) is 17.9. The van der Waals surface area contributed by atoms with E-state index in [0.717, 1.165) is 51.2 Å². The highest BCUT2D eigenvalue weighted by atomic mass is 32.2. The number of thiocarbonyl (C=S) groups is 1. The lowest BCUT2D eigenvalue weighted by molar-refractivity contribution is -0.881. The minimum absolute atomic E-state index is 0.00738. The van der Waals surface area contributed by atoms with Crippen LogP contribution in [0.4, 0.5) is 11.5 Å². The van der Waals surface area contributed by atoms with Crippen molar-refractivity contribution < 1.29 is 53.4 Å². The molecule has 6 heterocycles. The Morgan fingerprint density at radius 1 is 0.805 bits per heavy atom. The molecule has 440 valence electrons. The van der Waals surface area contributed by atoms with Gasteiger partial charge in [0.25, 0.3) is 0 Å². The number of nitrogens with one attached hydrogen (secondary N) is 2. The second kappa shape index (κ2) is 27.6. The van der Waals surface area contributed by atoms with Gasteiger partial charge in [-0.1, -0.05) is 37.8 Å². The van der Waals surface area contributed by atoms with E-state index in [2.05, 4.69) is 123 Å². The van der Waals surface area contributed by atoms with Gasteiger partial charge in [-0.2, -0.15) is 0 Å². The number of anilines is 1. The number of likely N-dealkylation sites (N-methyl/N-ethyl adjacent to an activating group) is 2. The smallest absolute Gasteiger partial charge is 0.327 e. The van der Waals surface area contributed by atoms with Crippen LogP contribution in [0.1, 0.15) is 58.9 Å². The topological polar surface area (TPSA) is 235 Å². The van der Waals surface area contributed by atoms with Crippen LogP contribution in [0, 0.1) is 5.41 Å². The molecule has 1 fully saturated rings. The first-order chi connectivity index (χ1) is 38.8. The van der Waals surface area contributed by atoms with E-state index in [1.807, 2.05) is 38.6 Å². The van der Waals surface area contributed by atoms with Crippen molar-refractivity contribution in [2.75, 3.05) is 118 Å². The normalized spacial score (nSPS) is 21.0. The quantitative estimate of drug-likeness (QED) is 0.0389. The summed E-state index contributed by atoms with van der Waals surface area (Å²) >= 11 is 7.41. The summed E-state index contributed by atoms with van der Waals surface area (Å²) in [6, 6.07) is 11.3. The number of carbonyl (C=O) groups is 5. The molecule has 1 aromatic heterocycles. The summed E-state index contributed by atoms with van der Waals surface area (Å²) in [7, 11) is 8.61. The Bertz CT molecular complexity index is 3000. The van der Waals surface area contributed by atoms with Gasteiger partial charge < -0.3 is 40.4 Å². The lowest BCUT2D eigenvalue weighted by atomic mass is 9.81. The van der Waals surface area contributed by atoms with E-state index in [1.54, 1.807) is 31.4 Å². The van der Waals surface area contributed by atoms with E-state index in [-0.39, 0.29) is 108 Å². The van der Waals surface area contributed by atoms with Gasteiger partial charge in [-0.15, -0.1) is 0 Å². The van der Waals surface area contributed by atoms with Gasteiger partial charge in [-0.05, 0) is 105 Å². The van der Waals surface area contributed by atoms with E-state index in [4.69, 9.17) is 22.2 Å². The monoisotopic (exact) mass is 1160 g/mol. The Hall–Kier alpha value is -6.66. The molecule has 20 nitrogen and oxygen atoms in total. The minimum atomic E-state index is -1.14. The number of aliphatic imine (C=N–C) groups is 2. The SMILES string of the molecule is CN1C=CC=C2C1=NC(=CC=C1C[N+](C)(C)CC(C=CC3=Nc4c(ccc[n+]4C)C3(C)C)=C1Sc1ccc(NC(=S)NCCCC(=O)CCC(C(=O)O)N3CCN(CC(=O)O)CCN(CC(=O)O)CCN(CC(=O)O)CC3)cc1)C2(C)C. The largest absolute Gasteiger partial charge is 0.480 e. The average Bonchev–Trinajstić information content (AvgIpc) is 4.09. The van der Waals surface area contributed by atoms with Crippen LogP contribution in [0.3, 0.4) is 0 Å². The molecule has 22 heteroatoms. The summed E-state index contributed by atoms with van der Waals surface area (Å²) < 4.78 is 2.84. The number of ketones is 1. The Morgan fingerprint density at radius 3 is 1.99 bits per heavy atom. The van der Waals surface area contributed by atoms with Crippen LogP contribution in [0.2, 0.25) is 0 Å². The van der Waals surface area contributed by atoms with Crippen LogP contribution >= 0.6 is 24.0 Å². The fourth-order valence-corrected chi connectivity index (χ4v) is 12.3. The molecule has 0 amide bonds. The first-order valence-corrected chi connectivity index (χ1v) is 29.1. The first kappa shape index (κ1) is 62.9. The summed E-state index contributed by atoms with van der Waals surface area (Å²) in [5, 5.41) is 45.9. The third-order valence-corrected chi connectivity index (χ3v) is 17.1. The molecule has 0 spiro atoms. The number of carboxylic acid groups (broad SMARTS) is 4. The highest BCUT2D eigenvalue weighted by molar-refractivity contribution is 8.03. The van der Waals surface area contributed by atoms with E-state index >= 15 is 0 Å². The highest BCUT2D eigenvalue weighted by Gasteiger charge is 2.42. The maximum atomic E-state index is 13.2. The molecule has 5 aliphatic heterocycles. The summed E-state index contributed by atoms with van der Waals surface area (Å²) in [4.78, 5) is 82.2. The molecule has 1 aromatic carbocycles. The molecular formula is C60H81N11O9S2+2. The van der Waals surface area contributed by atoms with E-state index in [9.17, 15) is 44.4 Å². The van der Waals surface area contributed by atoms with E-state index < -0.39 is 29.9 Å². The number of aromatic nitrogens is 1. The lowest BCUT2D eigenvalue weighted by Crippen LogP contribution is -2.51. The van der Waals surface area contributed by atoms with Gasteiger partial charge >= 0.3 is 29.7 Å². The number of rotatable bonds is 21. The van der Waals surface area contributed by atoms with Gasteiger partial charge in [0.05, 0.1) is 63.6 Å². The van der Waals surface area contributed by atoms with Crippen LogP contribution in [0.15, 0.2) is 127 Å². The number of quaternary nitrogens is 1. The first-order valence-electron chi connectivity index (χ1n) is 27.9. The predicted molar refractivity (Wildman–Crippen MR) is 323 cm³/mol. The zero-order valence-electron chi connectivity index (χ0n) is 48.6. The van der Waals surface area contributed by atoms with Crippen molar-refractivity contribution in [1.29, 1.82) is 0 Å². The molecule has 6 N–H and O–H groups in total. The number of pyridine rings is 1. The molecule has 1 atom stereocenters. The van der Waals surface area contributed by atoms with E-state index in [0.29, 0.717) is 18.1 Å². The van der Waals surface area contributed by atoms with Gasteiger partial charge in [0.2, 0.25) is 0 Å². The minimum Gasteiger partial charge on any atom is -0.480 e. The van der Waals surface area contributed by atoms with Gasteiger partial charge in [0.1, 0.15) is 30.8 Å². The standard InChI is InChI=1S/C60H79N11O9S2/c1-59(2)46-13-10-26-65(5)55(46)63-49(59)23-15-41-39-71(7,8)40-42(16-24-50-60(3,4)47-14-11-27-66(6)56(47)64-50)54(41)82-45-20-17-43(18-21-45)62-58(81)61-25-9-12-44(72)19-22-48(57(79)80)70-34-32-68(37-52(75)76)30-28-67(36-51(73)74)29-31-69(33-35-70)38-53(77)78/h10-11,13-18,20-21,23-24,26-27,48H,9,12,19,22,25,28-40H2,1-8H3,(H4-2,61,62,73,74,75,76,77,78,79,80,81)/p+2. The average molecular weight is 1160 g/mol. The second-order valence-corrected chi connectivity index (χ2v) is 24.8. The number of fused-ring (bicyclic) bond motifs is 2. The van der Waals surface area contributed by atoms with Crippen LogP contribution in [0.5, 0.6) is 0 Å². The predicted octanol–water partition coefficient (Wildman–Crippen LogP) is 5.55. The Labute approximate surface area is 491 Å². The number of hydrogen-bond acceptors (Lipinski definition) is 14. The Kier molecular flexibility index (Phi) is 21.2. The number of Topliss-reactive ketones (excluding diaryl/α,β-unsaturated/α-hetero) is 1. The zero-order valence-corrected chi connectivity index (χ0v) is 50.2. The van der Waals surface area contributed by atoms with Gasteiger partial charge in [0.15, 0.2) is 10.8 Å². The summed E-state index contributed by atoms with van der Waals surface area (Å²) in [6.45, 7) is 11.4. The highest BCUT2D eigenvalue weighted by Crippen LogP contribution is 2.45. The van der Waals surface area contributed by atoms with Gasteiger partial charge in [0, 0.05) is 123 Å². The number of nitrogens with zero attached hydrogens (tertiary/aromatic N) is 9. The maximum Gasteiger partial charge on any atom is 0.327 e. The number of benzene rings is 1. The molecule has 5 aliphatic rings. The number of hydrogen-bond donors (Lipinski definition) is 6. The number of carbonyl (C=O) groups excluding carboxylic acids is 1. The van der Waals surface area contributed by atoms with Crippen LogP contribution < -0.4 is 15.2 Å². The Balaban J connectivity index is 0.980. The zero-order chi connectivity index (χ0) is 59.5. The third kappa shape index (κ3) is 16.8. The molecule has 0 bridgehead atoms. The number of carboxylic acids is 4. The molecule has 7 rings (SSSR count). The summed E-state index contributed by atoms with van der Waals surface area (Å²) in [5.74, 6) is -2.55. The van der Waals surface area contributed by atoms with Crippen molar-refractivity contribution in [2.24, 2.45) is 22.4 Å². The van der Waals surface area contributed by atoms with Gasteiger partial charge in [-0.25, -0.2) is 9.56 Å². The fraction of sp³-hybridized carbons (Fsp3) is 0.483. The van der Waals surface area contributed by atoms with Crippen molar-refractivity contribution >= 4 is 81.8 Å². The lowest BCUT2D eigenvalue weighted by Gasteiger charge is -2.37. The maximum absolute atomic E-state index is 13.2.